The molecule has 0 fully saturated rings. The third kappa shape index (κ3) is 1.27. The summed E-state index contributed by atoms with van der Waals surface area (Å²) in [5, 5.41) is 6.49. The third-order valence-electron chi connectivity index (χ3n) is 0.998. The largest absolute Gasteiger partial charge is 0.325 e. The molecule has 0 unspecified atom stereocenters. The van der Waals surface area contributed by atoms with Gasteiger partial charge in [-0.15, -0.1) is 0 Å². The first-order valence-electron chi connectivity index (χ1n) is 2.63. The average Bonchev–Trinajstić information content (AvgIpc) is 2.13. The van der Waals surface area contributed by atoms with E-state index in [0.29, 0.717) is 17.3 Å². The van der Waals surface area contributed by atoms with E-state index in [4.69, 9.17) is 11.6 Å². The van der Waals surface area contributed by atoms with Crippen LogP contribution >= 0.6 is 11.6 Å². The number of hydrogen-bond donors (Lipinski definition) is 1. The van der Waals surface area contributed by atoms with Gasteiger partial charge in [-0.3, -0.25) is 9.48 Å². The Morgan fingerprint density at radius 1 is 1.90 bits per heavy atom. The number of carbonyl (C=O) groups is 1. The molecule has 1 rings (SSSR count). The summed E-state index contributed by atoms with van der Waals surface area (Å²) in [6.07, 6.45) is 2.18. The Labute approximate surface area is 62.8 Å². The highest BCUT2D eigenvalue weighted by atomic mass is 35.5. The van der Waals surface area contributed by atoms with Gasteiger partial charge in [-0.1, -0.05) is 11.6 Å². The van der Waals surface area contributed by atoms with Gasteiger partial charge in [-0.25, -0.2) is 0 Å². The van der Waals surface area contributed by atoms with Crippen molar-refractivity contribution in [2.75, 3.05) is 5.32 Å². The highest BCUT2D eigenvalue weighted by molar-refractivity contribution is 6.32. The summed E-state index contributed by atoms with van der Waals surface area (Å²) in [6, 6.07) is 0. The highest BCUT2D eigenvalue weighted by Gasteiger charge is 2.01. The van der Waals surface area contributed by atoms with Gasteiger partial charge in [0.1, 0.15) is 0 Å². The van der Waals surface area contributed by atoms with Crippen LogP contribution < -0.4 is 5.32 Å². The molecule has 54 valence electrons. The minimum Gasteiger partial charge on any atom is -0.325 e. The van der Waals surface area contributed by atoms with Crippen LogP contribution in [0.25, 0.3) is 0 Å². The molecule has 0 atom stereocenters. The molecule has 10 heavy (non-hydrogen) atoms. The molecule has 0 aliphatic rings. The second-order valence-electron chi connectivity index (χ2n) is 1.77. The number of aryl methyl sites for hydroxylation is 1. The molecule has 1 heterocycles. The number of halogens is 1. The maximum absolute atomic E-state index is 9.93. The first kappa shape index (κ1) is 7.08. The molecule has 1 N–H and O–H groups in total. The minimum atomic E-state index is 0.301. The molecular formula is C5H6ClN3O. The van der Waals surface area contributed by atoms with Crippen LogP contribution in [0.2, 0.25) is 5.15 Å². The number of carbonyl (C=O) groups excluding carboxylic acids is 1. The molecule has 5 heteroatoms. The van der Waals surface area contributed by atoms with Crippen LogP contribution in [-0.4, -0.2) is 16.2 Å². The molecule has 0 radical (unpaired) electrons. The van der Waals surface area contributed by atoms with E-state index in [1.54, 1.807) is 13.2 Å². The minimum absolute atomic E-state index is 0.301. The Balaban J connectivity index is 2.91. The fourth-order valence-electron chi connectivity index (χ4n) is 0.622. The van der Waals surface area contributed by atoms with Crippen molar-refractivity contribution in [3.05, 3.63) is 11.3 Å². The molecule has 4 nitrogen and oxygen atoms in total. The molecule has 0 aliphatic heterocycles. The van der Waals surface area contributed by atoms with Crippen LogP contribution in [0.4, 0.5) is 5.69 Å². The smallest absolute Gasteiger partial charge is 0.211 e. The number of nitrogens with one attached hydrogen (secondary N) is 1. The van der Waals surface area contributed by atoms with Crippen LogP contribution in [-0.2, 0) is 11.8 Å². The van der Waals surface area contributed by atoms with Crippen LogP contribution in [0.5, 0.6) is 0 Å². The van der Waals surface area contributed by atoms with Crippen molar-refractivity contribution in [3.63, 3.8) is 0 Å². The lowest BCUT2D eigenvalue weighted by Crippen LogP contribution is -1.91. The number of anilines is 1. The first-order chi connectivity index (χ1) is 4.74. The van der Waals surface area contributed by atoms with Gasteiger partial charge in [-0.05, 0) is 0 Å². The van der Waals surface area contributed by atoms with Crippen molar-refractivity contribution in [3.8, 4) is 0 Å². The van der Waals surface area contributed by atoms with Gasteiger partial charge in [0.15, 0.2) is 5.15 Å². The Hall–Kier alpha value is -1.03. The summed E-state index contributed by atoms with van der Waals surface area (Å²) in [6.45, 7) is 0. The SMILES string of the molecule is Cn1cc(NC=O)c(Cl)n1. The molecule has 0 saturated carbocycles. The zero-order chi connectivity index (χ0) is 7.56. The molecular weight excluding hydrogens is 154 g/mol. The summed E-state index contributed by atoms with van der Waals surface area (Å²) in [5.41, 5.74) is 0.527. The summed E-state index contributed by atoms with van der Waals surface area (Å²) in [7, 11) is 1.72. The second-order valence-corrected chi connectivity index (χ2v) is 2.13. The van der Waals surface area contributed by atoms with Crippen molar-refractivity contribution in [1.29, 1.82) is 0 Å². The molecule has 0 saturated heterocycles. The van der Waals surface area contributed by atoms with E-state index in [2.05, 4.69) is 10.4 Å². The lowest BCUT2D eigenvalue weighted by Gasteiger charge is -1.88. The Kier molecular flexibility index (Phi) is 1.91. The Morgan fingerprint density at radius 2 is 2.60 bits per heavy atom. The fourth-order valence-corrected chi connectivity index (χ4v) is 0.844. The van der Waals surface area contributed by atoms with E-state index in [9.17, 15) is 4.79 Å². The summed E-state index contributed by atoms with van der Waals surface area (Å²) >= 11 is 5.57. The van der Waals surface area contributed by atoms with Crippen LogP contribution in [0, 0.1) is 0 Å². The molecule has 0 aliphatic carbocycles. The van der Waals surface area contributed by atoms with Gasteiger partial charge in [0.05, 0.1) is 5.69 Å². The van der Waals surface area contributed by atoms with Gasteiger partial charge < -0.3 is 5.32 Å². The quantitative estimate of drug-likeness (QED) is 0.644. The molecule has 0 aromatic carbocycles. The van der Waals surface area contributed by atoms with Crippen molar-refractivity contribution < 1.29 is 4.79 Å². The monoisotopic (exact) mass is 159 g/mol. The van der Waals surface area contributed by atoms with Crippen LogP contribution in [0.3, 0.4) is 0 Å². The molecule has 0 spiro atoms. The standard InChI is InChI=1S/C5H6ClN3O/c1-9-2-4(7-3-10)5(6)8-9/h2-3H,1H3,(H,7,10). The van der Waals surface area contributed by atoms with E-state index in [-0.39, 0.29) is 0 Å². The van der Waals surface area contributed by atoms with E-state index in [0.717, 1.165) is 0 Å². The van der Waals surface area contributed by atoms with Gasteiger partial charge in [0.25, 0.3) is 0 Å². The number of aromatic nitrogens is 2. The lowest BCUT2D eigenvalue weighted by atomic mass is 10.6. The number of nitrogens with zero attached hydrogens (tertiary/aromatic N) is 2. The third-order valence-corrected chi connectivity index (χ3v) is 1.28. The second kappa shape index (κ2) is 2.70. The van der Waals surface area contributed by atoms with Crippen molar-refractivity contribution in [2.24, 2.45) is 7.05 Å². The van der Waals surface area contributed by atoms with Crippen molar-refractivity contribution in [1.82, 2.24) is 9.78 Å². The summed E-state index contributed by atoms with van der Waals surface area (Å²) < 4.78 is 1.52. The van der Waals surface area contributed by atoms with Crippen molar-refractivity contribution in [2.45, 2.75) is 0 Å². The lowest BCUT2D eigenvalue weighted by molar-refractivity contribution is -0.105. The molecule has 1 aromatic heterocycles. The van der Waals surface area contributed by atoms with Crippen LogP contribution in [0.1, 0.15) is 0 Å². The zero-order valence-electron chi connectivity index (χ0n) is 5.34. The van der Waals surface area contributed by atoms with Crippen LogP contribution in [0.15, 0.2) is 6.20 Å². The molecule has 1 aromatic rings. The predicted octanol–water partition coefficient (Wildman–Crippen LogP) is 0.642. The van der Waals surface area contributed by atoms with E-state index in [1.165, 1.54) is 4.68 Å². The highest BCUT2D eigenvalue weighted by Crippen LogP contribution is 2.16. The summed E-state index contributed by atoms with van der Waals surface area (Å²) in [4.78, 5) is 9.93. The van der Waals surface area contributed by atoms with Gasteiger partial charge in [0, 0.05) is 13.2 Å². The zero-order valence-corrected chi connectivity index (χ0v) is 6.09. The maximum Gasteiger partial charge on any atom is 0.211 e. The van der Waals surface area contributed by atoms with E-state index in [1.807, 2.05) is 0 Å². The number of rotatable bonds is 2. The van der Waals surface area contributed by atoms with E-state index >= 15 is 0 Å². The molecule has 0 bridgehead atoms. The number of amides is 1. The average molecular weight is 160 g/mol. The topological polar surface area (TPSA) is 46.9 Å². The Morgan fingerprint density at radius 3 is 3.00 bits per heavy atom. The summed E-state index contributed by atoms with van der Waals surface area (Å²) in [5.74, 6) is 0. The maximum atomic E-state index is 9.93. The van der Waals surface area contributed by atoms with E-state index < -0.39 is 0 Å². The fraction of sp³-hybridized carbons (Fsp3) is 0.200. The molecule has 1 amide bonds. The number of hydrogen-bond acceptors (Lipinski definition) is 2. The van der Waals surface area contributed by atoms with Crippen molar-refractivity contribution >= 4 is 23.7 Å². The Bertz CT molecular complexity index is 245. The van der Waals surface area contributed by atoms with Gasteiger partial charge in [-0.2, -0.15) is 5.10 Å². The first-order valence-corrected chi connectivity index (χ1v) is 3.01. The van der Waals surface area contributed by atoms with Gasteiger partial charge >= 0.3 is 0 Å². The van der Waals surface area contributed by atoms with Gasteiger partial charge in [0.2, 0.25) is 6.41 Å². The normalized spacial score (nSPS) is 9.40. The predicted molar refractivity (Wildman–Crippen MR) is 37.9 cm³/mol.